The number of rotatable bonds is 3. The first-order valence-electron chi connectivity index (χ1n) is 14.0. The molecule has 36 heavy (non-hydrogen) atoms. The monoisotopic (exact) mass is 482 g/mol. The van der Waals surface area contributed by atoms with E-state index in [-0.39, 0.29) is 11.5 Å². The average Bonchev–Trinajstić information content (AvgIpc) is 3.63. The molecule has 1 aromatic carbocycles. The third-order valence-electron chi connectivity index (χ3n) is 10.9. The van der Waals surface area contributed by atoms with Gasteiger partial charge in [0.05, 0.1) is 23.7 Å². The van der Waals surface area contributed by atoms with Gasteiger partial charge in [0.25, 0.3) is 0 Å². The summed E-state index contributed by atoms with van der Waals surface area (Å²) in [5.41, 5.74) is 5.49. The summed E-state index contributed by atoms with van der Waals surface area (Å²) in [5, 5.41) is 15.6. The van der Waals surface area contributed by atoms with E-state index in [2.05, 4.69) is 61.0 Å². The van der Waals surface area contributed by atoms with Crippen LogP contribution >= 0.6 is 0 Å². The lowest BCUT2D eigenvalue weighted by Crippen LogP contribution is -2.50. The predicted octanol–water partition coefficient (Wildman–Crippen LogP) is 7.54. The molecule has 0 unspecified atom stereocenters. The molecule has 0 saturated heterocycles. The number of hydrogen-bond acceptors (Lipinski definition) is 3. The number of aromatic nitrogens is 2. The highest BCUT2D eigenvalue weighted by Crippen LogP contribution is 2.68. The SMILES string of the molecule is C[C@]12CC[C@H]3[C@@H](CC=C4C[C@@H](O)CC[C@@]43C)[C@@H]1CC[C@@H]2c1cc(-c2ccco2)n(-c2ccccc2)n1. The summed E-state index contributed by atoms with van der Waals surface area (Å²) in [6, 6.07) is 16.8. The van der Waals surface area contributed by atoms with Crippen LogP contribution in [0.25, 0.3) is 17.1 Å². The number of fused-ring (bicyclic) bond motifs is 5. The Morgan fingerprint density at radius 3 is 2.64 bits per heavy atom. The van der Waals surface area contributed by atoms with Crippen molar-refractivity contribution < 1.29 is 9.52 Å². The van der Waals surface area contributed by atoms with Crippen molar-refractivity contribution in [3.63, 3.8) is 0 Å². The number of hydrogen-bond donors (Lipinski definition) is 1. The van der Waals surface area contributed by atoms with Gasteiger partial charge in [-0.05, 0) is 110 Å². The number of benzene rings is 1. The molecule has 1 N–H and O–H groups in total. The lowest BCUT2D eigenvalue weighted by Gasteiger charge is -2.58. The number of furan rings is 1. The van der Waals surface area contributed by atoms with Gasteiger partial charge in [0, 0.05) is 5.92 Å². The molecule has 0 amide bonds. The molecule has 0 bridgehead atoms. The largest absolute Gasteiger partial charge is 0.463 e. The lowest BCUT2D eigenvalue weighted by molar-refractivity contribution is -0.0412. The molecule has 2 heterocycles. The zero-order valence-electron chi connectivity index (χ0n) is 21.6. The van der Waals surface area contributed by atoms with Gasteiger partial charge in [-0.1, -0.05) is 43.7 Å². The first-order chi connectivity index (χ1) is 17.5. The first kappa shape index (κ1) is 22.6. The molecule has 3 aromatic rings. The maximum absolute atomic E-state index is 10.3. The lowest BCUT2D eigenvalue weighted by atomic mass is 9.47. The van der Waals surface area contributed by atoms with E-state index in [9.17, 15) is 5.11 Å². The molecule has 7 atom stereocenters. The highest BCUT2D eigenvalue weighted by molar-refractivity contribution is 5.57. The van der Waals surface area contributed by atoms with E-state index in [1.165, 1.54) is 37.8 Å². The van der Waals surface area contributed by atoms with Gasteiger partial charge in [-0.15, -0.1) is 0 Å². The fraction of sp³-hybridized carbons (Fsp3) is 0.531. The van der Waals surface area contributed by atoms with Gasteiger partial charge in [0.2, 0.25) is 0 Å². The summed E-state index contributed by atoms with van der Waals surface area (Å²) in [4.78, 5) is 0. The second-order valence-electron chi connectivity index (χ2n) is 12.5. The standard InChI is InChI=1S/C32H38N2O2/c1-31-16-14-23(35)19-21(31)10-11-24-25-12-13-27(32(25,2)17-15-26(24)31)28-20-29(30-9-6-18-36-30)34(33-28)22-7-4-3-5-8-22/h3-10,18,20,23-27,35H,11-17,19H2,1-2H3/t23-,24-,25-,26-,27+,31-,32-/m0/s1. The van der Waals surface area contributed by atoms with Crippen LogP contribution in [0.2, 0.25) is 0 Å². The van der Waals surface area contributed by atoms with E-state index in [1.54, 1.807) is 11.8 Å². The van der Waals surface area contributed by atoms with Crippen LogP contribution in [0.4, 0.5) is 0 Å². The highest BCUT2D eigenvalue weighted by atomic mass is 16.3. The van der Waals surface area contributed by atoms with Crippen LogP contribution in [0.5, 0.6) is 0 Å². The van der Waals surface area contributed by atoms with Crippen LogP contribution in [-0.4, -0.2) is 21.0 Å². The van der Waals surface area contributed by atoms with Crippen molar-refractivity contribution in [1.82, 2.24) is 9.78 Å². The van der Waals surface area contributed by atoms with Crippen molar-refractivity contribution in [2.45, 2.75) is 77.2 Å². The molecule has 2 aromatic heterocycles. The van der Waals surface area contributed by atoms with Crippen molar-refractivity contribution >= 4 is 0 Å². The normalized spacial score (nSPS) is 37.6. The molecule has 0 aliphatic heterocycles. The minimum atomic E-state index is -0.131. The first-order valence-corrected chi connectivity index (χ1v) is 14.0. The van der Waals surface area contributed by atoms with E-state index < -0.39 is 0 Å². The molecule has 4 aliphatic rings. The molecule has 3 fully saturated rings. The topological polar surface area (TPSA) is 51.2 Å². The Morgan fingerprint density at radius 1 is 0.972 bits per heavy atom. The quantitative estimate of drug-likeness (QED) is 0.392. The Hall–Kier alpha value is -2.59. The van der Waals surface area contributed by atoms with Crippen molar-refractivity contribution in [3.05, 3.63) is 72.1 Å². The Balaban J connectivity index is 1.24. The van der Waals surface area contributed by atoms with Gasteiger partial charge in [-0.3, -0.25) is 0 Å². The second kappa shape index (κ2) is 8.21. The van der Waals surface area contributed by atoms with Crippen LogP contribution < -0.4 is 0 Å². The summed E-state index contributed by atoms with van der Waals surface area (Å²) in [6.07, 6.45) is 13.5. The molecule has 0 spiro atoms. The van der Waals surface area contributed by atoms with E-state index in [0.717, 1.165) is 54.2 Å². The zero-order chi connectivity index (χ0) is 24.5. The molecule has 4 nitrogen and oxygen atoms in total. The number of aliphatic hydroxyl groups excluding tert-OH is 1. The van der Waals surface area contributed by atoms with Gasteiger partial charge < -0.3 is 9.52 Å². The van der Waals surface area contributed by atoms with E-state index >= 15 is 0 Å². The third-order valence-corrected chi connectivity index (χ3v) is 10.9. The predicted molar refractivity (Wildman–Crippen MR) is 142 cm³/mol. The molecular weight excluding hydrogens is 444 g/mol. The van der Waals surface area contributed by atoms with Crippen molar-refractivity contribution in [1.29, 1.82) is 0 Å². The second-order valence-corrected chi connectivity index (χ2v) is 12.5. The molecule has 4 aliphatic carbocycles. The number of para-hydroxylation sites is 1. The van der Waals surface area contributed by atoms with Crippen LogP contribution in [0, 0.1) is 28.6 Å². The van der Waals surface area contributed by atoms with Crippen LogP contribution in [0.1, 0.15) is 76.8 Å². The summed E-state index contributed by atoms with van der Waals surface area (Å²) >= 11 is 0. The summed E-state index contributed by atoms with van der Waals surface area (Å²) in [6.45, 7) is 5.10. The Morgan fingerprint density at radius 2 is 1.83 bits per heavy atom. The molecule has 4 heteroatoms. The number of nitrogens with zero attached hydrogens (tertiary/aromatic N) is 2. The van der Waals surface area contributed by atoms with Crippen LogP contribution in [-0.2, 0) is 0 Å². The molecule has 3 saturated carbocycles. The van der Waals surface area contributed by atoms with Crippen LogP contribution in [0.3, 0.4) is 0 Å². The molecular formula is C32H38N2O2. The summed E-state index contributed by atoms with van der Waals surface area (Å²) < 4.78 is 7.93. The van der Waals surface area contributed by atoms with E-state index in [0.29, 0.717) is 11.3 Å². The van der Waals surface area contributed by atoms with Gasteiger partial charge in [0.1, 0.15) is 5.69 Å². The van der Waals surface area contributed by atoms with Gasteiger partial charge in [0.15, 0.2) is 5.76 Å². The number of allylic oxidation sites excluding steroid dienone is 1. The van der Waals surface area contributed by atoms with Crippen molar-refractivity contribution in [2.75, 3.05) is 0 Å². The maximum Gasteiger partial charge on any atom is 0.152 e. The number of aliphatic hydroxyl groups is 1. The highest BCUT2D eigenvalue weighted by Gasteiger charge is 2.59. The van der Waals surface area contributed by atoms with Crippen LogP contribution in [0.15, 0.2) is 70.9 Å². The van der Waals surface area contributed by atoms with E-state index in [4.69, 9.17) is 9.52 Å². The third kappa shape index (κ3) is 3.26. The fourth-order valence-electron chi connectivity index (χ4n) is 9.06. The molecule has 188 valence electrons. The Kier molecular flexibility index (Phi) is 5.15. The van der Waals surface area contributed by atoms with Crippen molar-refractivity contribution in [3.8, 4) is 17.1 Å². The van der Waals surface area contributed by atoms with Gasteiger partial charge in [-0.25, -0.2) is 4.68 Å². The molecule has 0 radical (unpaired) electrons. The molecule has 7 rings (SSSR count). The minimum Gasteiger partial charge on any atom is -0.463 e. The fourth-order valence-corrected chi connectivity index (χ4v) is 9.06. The summed E-state index contributed by atoms with van der Waals surface area (Å²) in [7, 11) is 0. The Bertz CT molecular complexity index is 1270. The van der Waals surface area contributed by atoms with Gasteiger partial charge >= 0.3 is 0 Å². The average molecular weight is 483 g/mol. The van der Waals surface area contributed by atoms with Gasteiger partial charge in [-0.2, -0.15) is 5.10 Å². The smallest absolute Gasteiger partial charge is 0.152 e. The van der Waals surface area contributed by atoms with E-state index in [1.807, 2.05) is 12.1 Å². The summed E-state index contributed by atoms with van der Waals surface area (Å²) in [5.74, 6) is 3.63. The minimum absolute atomic E-state index is 0.131. The Labute approximate surface area is 214 Å². The van der Waals surface area contributed by atoms with Crippen molar-refractivity contribution in [2.24, 2.45) is 28.6 Å². The zero-order valence-corrected chi connectivity index (χ0v) is 21.6. The maximum atomic E-state index is 10.3.